The van der Waals surface area contributed by atoms with Crippen LogP contribution in [0.4, 0.5) is 4.79 Å². The number of benzene rings is 1. The highest BCUT2D eigenvalue weighted by Crippen LogP contribution is 2.30. The van der Waals surface area contributed by atoms with E-state index in [0.29, 0.717) is 30.2 Å². The van der Waals surface area contributed by atoms with Gasteiger partial charge >= 0.3 is 6.09 Å². The summed E-state index contributed by atoms with van der Waals surface area (Å²) in [4.78, 5) is 13.9. The lowest BCUT2D eigenvalue weighted by atomic mass is 10.1. The highest BCUT2D eigenvalue weighted by Gasteiger charge is 2.29. The molecule has 6 heteroatoms. The lowest BCUT2D eigenvalue weighted by Gasteiger charge is -2.34. The molecule has 1 fully saturated rings. The molecule has 1 saturated heterocycles. The van der Waals surface area contributed by atoms with E-state index in [1.807, 2.05) is 20.8 Å². The second kappa shape index (κ2) is 7.43. The number of piperidine rings is 1. The van der Waals surface area contributed by atoms with Crippen molar-refractivity contribution in [3.05, 3.63) is 23.8 Å². The first-order chi connectivity index (χ1) is 11.3. The monoisotopic (exact) mass is 332 g/mol. The Labute approximate surface area is 142 Å². The number of rotatable bonds is 3. The van der Waals surface area contributed by atoms with Crippen LogP contribution in [-0.2, 0) is 4.74 Å². The van der Waals surface area contributed by atoms with Crippen LogP contribution in [0.15, 0.2) is 18.2 Å². The number of hydrogen-bond acceptors (Lipinski definition) is 5. The van der Waals surface area contributed by atoms with E-state index in [0.717, 1.165) is 12.8 Å². The maximum atomic E-state index is 12.2. The van der Waals surface area contributed by atoms with E-state index >= 15 is 0 Å². The molecule has 6 nitrogen and oxygen atoms in total. The quantitative estimate of drug-likeness (QED) is 0.849. The molecule has 1 aromatic rings. The predicted molar refractivity (Wildman–Crippen MR) is 89.2 cm³/mol. The second-order valence-electron chi connectivity index (χ2n) is 6.79. The molecule has 130 valence electrons. The molecule has 1 atom stereocenters. The minimum atomic E-state index is -0.513. The van der Waals surface area contributed by atoms with Gasteiger partial charge in [-0.3, -0.25) is 0 Å². The molecule has 1 aromatic carbocycles. The number of carbonyl (C=O) groups is 1. The van der Waals surface area contributed by atoms with Gasteiger partial charge in [-0.25, -0.2) is 4.79 Å². The molecule has 0 N–H and O–H groups in total. The van der Waals surface area contributed by atoms with E-state index in [2.05, 4.69) is 6.07 Å². The summed E-state index contributed by atoms with van der Waals surface area (Å²) < 4.78 is 16.7. The van der Waals surface area contributed by atoms with Gasteiger partial charge < -0.3 is 19.1 Å². The third-order valence-electron chi connectivity index (χ3n) is 3.62. The topological polar surface area (TPSA) is 71.8 Å². The third-order valence-corrected chi connectivity index (χ3v) is 3.62. The zero-order valence-electron chi connectivity index (χ0n) is 14.7. The molecule has 0 saturated carbocycles. The molecule has 0 radical (unpaired) electrons. The van der Waals surface area contributed by atoms with E-state index < -0.39 is 5.60 Å². The number of ether oxygens (including phenoxy) is 3. The van der Waals surface area contributed by atoms with E-state index in [1.165, 1.54) is 7.11 Å². The fraction of sp³-hybridized carbons (Fsp3) is 0.556. The van der Waals surface area contributed by atoms with Gasteiger partial charge in [-0.2, -0.15) is 5.26 Å². The largest absolute Gasteiger partial charge is 0.493 e. The Balaban J connectivity index is 2.03. The van der Waals surface area contributed by atoms with E-state index in [9.17, 15) is 4.79 Å². The van der Waals surface area contributed by atoms with Crippen molar-refractivity contribution in [2.45, 2.75) is 45.3 Å². The summed E-state index contributed by atoms with van der Waals surface area (Å²) in [5.74, 6) is 1.09. The van der Waals surface area contributed by atoms with E-state index in [1.54, 1.807) is 23.1 Å². The number of carbonyl (C=O) groups excluding carboxylic acids is 1. The first-order valence-corrected chi connectivity index (χ1v) is 8.05. The van der Waals surface area contributed by atoms with Crippen molar-refractivity contribution in [3.8, 4) is 17.6 Å². The Hall–Kier alpha value is -2.42. The average Bonchev–Trinajstić information content (AvgIpc) is 2.54. The smallest absolute Gasteiger partial charge is 0.410 e. The van der Waals surface area contributed by atoms with Crippen LogP contribution < -0.4 is 9.47 Å². The van der Waals surface area contributed by atoms with Gasteiger partial charge in [-0.05, 0) is 45.7 Å². The Bertz CT molecular complexity index is 631. The van der Waals surface area contributed by atoms with Gasteiger partial charge in [0, 0.05) is 12.6 Å². The van der Waals surface area contributed by atoms with E-state index in [-0.39, 0.29) is 12.2 Å². The summed E-state index contributed by atoms with van der Waals surface area (Å²) in [6.07, 6.45) is 1.25. The van der Waals surface area contributed by atoms with Crippen molar-refractivity contribution in [1.29, 1.82) is 5.26 Å². The molecule has 0 aliphatic carbocycles. The van der Waals surface area contributed by atoms with Gasteiger partial charge in [0.15, 0.2) is 11.5 Å². The summed E-state index contributed by atoms with van der Waals surface area (Å²) >= 11 is 0. The number of methoxy groups -OCH3 is 1. The van der Waals surface area contributed by atoms with Crippen molar-refractivity contribution >= 4 is 6.09 Å². The van der Waals surface area contributed by atoms with Crippen molar-refractivity contribution < 1.29 is 19.0 Å². The normalized spacial score (nSPS) is 17.8. The Morgan fingerprint density at radius 1 is 1.33 bits per heavy atom. The molecule has 24 heavy (non-hydrogen) atoms. The SMILES string of the molecule is COc1cc(C#N)ccc1O[C@@H]1CCCN(C(=O)OC(C)(C)C)C1. The Morgan fingerprint density at radius 3 is 2.71 bits per heavy atom. The van der Waals surface area contributed by atoms with Gasteiger partial charge in [-0.15, -0.1) is 0 Å². The standard InChI is InChI=1S/C18H24N2O4/c1-18(2,3)24-17(21)20-9-5-6-14(12-20)23-15-8-7-13(11-19)10-16(15)22-4/h7-8,10,14H,5-6,9,12H2,1-4H3/t14-/m1/s1. The molecule has 2 rings (SSSR count). The summed E-state index contributed by atoms with van der Waals surface area (Å²) in [6.45, 7) is 6.69. The van der Waals surface area contributed by atoms with Gasteiger partial charge in [0.2, 0.25) is 0 Å². The lowest BCUT2D eigenvalue weighted by Crippen LogP contribution is -2.46. The summed E-state index contributed by atoms with van der Waals surface area (Å²) in [5, 5.41) is 8.95. The molecule has 1 aliphatic rings. The van der Waals surface area contributed by atoms with Crippen molar-refractivity contribution in [1.82, 2.24) is 4.90 Å². The number of nitriles is 1. The number of likely N-dealkylation sites (tertiary alicyclic amines) is 1. The van der Waals surface area contributed by atoms with Crippen molar-refractivity contribution in [3.63, 3.8) is 0 Å². The Kier molecular flexibility index (Phi) is 5.55. The van der Waals surface area contributed by atoms with Crippen LogP contribution in [0.3, 0.4) is 0 Å². The number of nitrogens with zero attached hydrogens (tertiary/aromatic N) is 2. The average molecular weight is 332 g/mol. The van der Waals surface area contributed by atoms with Crippen LogP contribution >= 0.6 is 0 Å². The first kappa shape index (κ1) is 17.9. The minimum absolute atomic E-state index is 0.131. The third kappa shape index (κ3) is 4.79. The van der Waals surface area contributed by atoms with Gasteiger partial charge in [0.05, 0.1) is 25.3 Å². The minimum Gasteiger partial charge on any atom is -0.493 e. The fourth-order valence-electron chi connectivity index (χ4n) is 2.54. The van der Waals surface area contributed by atoms with Crippen LogP contribution in [-0.4, -0.2) is 42.9 Å². The lowest BCUT2D eigenvalue weighted by molar-refractivity contribution is 0.00751. The molecule has 0 bridgehead atoms. The molecule has 0 spiro atoms. The van der Waals surface area contributed by atoms with E-state index in [4.69, 9.17) is 19.5 Å². The van der Waals surface area contributed by atoms with Crippen LogP contribution in [0, 0.1) is 11.3 Å². The zero-order chi connectivity index (χ0) is 17.7. The molecular weight excluding hydrogens is 308 g/mol. The maximum absolute atomic E-state index is 12.2. The van der Waals surface area contributed by atoms with Gasteiger partial charge in [-0.1, -0.05) is 0 Å². The summed E-state index contributed by atoms with van der Waals surface area (Å²) in [6, 6.07) is 7.13. The van der Waals surface area contributed by atoms with Crippen LogP contribution in [0.2, 0.25) is 0 Å². The maximum Gasteiger partial charge on any atom is 0.410 e. The highest BCUT2D eigenvalue weighted by atomic mass is 16.6. The molecule has 1 heterocycles. The van der Waals surface area contributed by atoms with Crippen molar-refractivity contribution in [2.24, 2.45) is 0 Å². The van der Waals surface area contributed by atoms with Crippen LogP contribution in [0.5, 0.6) is 11.5 Å². The molecule has 1 amide bonds. The Morgan fingerprint density at radius 2 is 2.08 bits per heavy atom. The number of hydrogen-bond donors (Lipinski definition) is 0. The van der Waals surface area contributed by atoms with Crippen LogP contribution in [0.25, 0.3) is 0 Å². The highest BCUT2D eigenvalue weighted by molar-refractivity contribution is 5.68. The summed E-state index contributed by atoms with van der Waals surface area (Å²) in [7, 11) is 1.54. The van der Waals surface area contributed by atoms with Gasteiger partial charge in [0.1, 0.15) is 11.7 Å². The molecule has 1 aliphatic heterocycles. The zero-order valence-corrected chi connectivity index (χ0v) is 14.7. The van der Waals surface area contributed by atoms with Crippen LogP contribution in [0.1, 0.15) is 39.2 Å². The molecular formula is C18H24N2O4. The summed E-state index contributed by atoms with van der Waals surface area (Å²) in [5.41, 5.74) is -0.000423. The van der Waals surface area contributed by atoms with Crippen molar-refractivity contribution in [2.75, 3.05) is 20.2 Å². The van der Waals surface area contributed by atoms with Gasteiger partial charge in [0.25, 0.3) is 0 Å². The fourth-order valence-corrected chi connectivity index (χ4v) is 2.54. The second-order valence-corrected chi connectivity index (χ2v) is 6.79. The first-order valence-electron chi connectivity index (χ1n) is 8.05. The molecule has 0 aromatic heterocycles. The number of amides is 1. The predicted octanol–water partition coefficient (Wildman–Crippen LogP) is 3.35. The molecule has 0 unspecified atom stereocenters.